The van der Waals surface area contributed by atoms with Crippen molar-refractivity contribution in [3.8, 4) is 0 Å². The van der Waals surface area contributed by atoms with Crippen molar-refractivity contribution in [2.75, 3.05) is 24.1 Å². The van der Waals surface area contributed by atoms with Crippen molar-refractivity contribution in [2.45, 2.75) is 52.0 Å². The van der Waals surface area contributed by atoms with Crippen LogP contribution in [0.15, 0.2) is 18.3 Å². The zero-order valence-electron chi connectivity index (χ0n) is 15.6. The van der Waals surface area contributed by atoms with Gasteiger partial charge in [-0.3, -0.25) is 10.00 Å². The molecule has 3 heterocycles. The summed E-state index contributed by atoms with van der Waals surface area (Å²) in [5.41, 5.74) is 7.63. The fraction of sp³-hybridized carbons (Fsp3) is 0.556. The quantitative estimate of drug-likeness (QED) is 0.876. The van der Waals surface area contributed by atoms with Gasteiger partial charge >= 0.3 is 6.03 Å². The number of nitrogens with zero attached hydrogens (tertiary/aromatic N) is 5. The number of hydrogen-bond donors (Lipinski definition) is 2. The van der Waals surface area contributed by atoms with E-state index in [4.69, 9.17) is 5.73 Å². The highest BCUT2D eigenvalue weighted by molar-refractivity contribution is 5.88. The van der Waals surface area contributed by atoms with Gasteiger partial charge in [0.2, 0.25) is 5.95 Å². The fourth-order valence-corrected chi connectivity index (χ4v) is 3.38. The van der Waals surface area contributed by atoms with E-state index in [1.54, 1.807) is 6.20 Å². The van der Waals surface area contributed by atoms with Gasteiger partial charge in [-0.2, -0.15) is 5.10 Å². The summed E-state index contributed by atoms with van der Waals surface area (Å²) in [6, 6.07) is 3.98. The van der Waals surface area contributed by atoms with Crippen LogP contribution in [-0.2, 0) is 0 Å². The number of aryl methyl sites for hydroxylation is 1. The standard InChI is InChI=1S/C18H27N7O/c1-4-12(2)25-13(3)10-16(23-25)22-18(26)24-9-5-6-14(11-24)15-7-8-20-17(19)21-15/h7-8,10,12,14H,4-6,9,11H2,1-3H3,(H2,19,20,21)(H,22,23,26). The second-order valence-electron chi connectivity index (χ2n) is 6.93. The first-order valence-electron chi connectivity index (χ1n) is 9.18. The number of piperidine rings is 1. The van der Waals surface area contributed by atoms with E-state index in [1.807, 2.05) is 28.6 Å². The first-order chi connectivity index (χ1) is 12.5. The van der Waals surface area contributed by atoms with Crippen molar-refractivity contribution in [1.29, 1.82) is 0 Å². The minimum absolute atomic E-state index is 0.120. The summed E-state index contributed by atoms with van der Waals surface area (Å²) < 4.78 is 1.96. The van der Waals surface area contributed by atoms with Gasteiger partial charge < -0.3 is 10.6 Å². The monoisotopic (exact) mass is 357 g/mol. The first kappa shape index (κ1) is 18.2. The molecule has 2 unspecified atom stereocenters. The highest BCUT2D eigenvalue weighted by Gasteiger charge is 2.26. The Labute approximate surface area is 153 Å². The van der Waals surface area contributed by atoms with Crippen LogP contribution in [0.4, 0.5) is 16.6 Å². The van der Waals surface area contributed by atoms with Crippen molar-refractivity contribution in [1.82, 2.24) is 24.6 Å². The van der Waals surface area contributed by atoms with E-state index in [9.17, 15) is 4.79 Å². The lowest BCUT2D eigenvalue weighted by atomic mass is 9.95. The molecule has 0 aromatic carbocycles. The van der Waals surface area contributed by atoms with Crippen molar-refractivity contribution in [2.24, 2.45) is 0 Å². The van der Waals surface area contributed by atoms with Crippen LogP contribution in [0.1, 0.15) is 56.5 Å². The molecule has 1 saturated heterocycles. The molecule has 0 spiro atoms. The molecule has 26 heavy (non-hydrogen) atoms. The Bertz CT molecular complexity index is 773. The third-order valence-electron chi connectivity index (χ3n) is 4.99. The van der Waals surface area contributed by atoms with Gasteiger partial charge in [-0.1, -0.05) is 6.92 Å². The largest absolute Gasteiger partial charge is 0.368 e. The minimum Gasteiger partial charge on any atom is -0.368 e. The third kappa shape index (κ3) is 3.95. The Morgan fingerprint density at radius 1 is 1.50 bits per heavy atom. The Hall–Kier alpha value is -2.64. The predicted octanol–water partition coefficient (Wildman–Crippen LogP) is 2.95. The fourth-order valence-electron chi connectivity index (χ4n) is 3.38. The lowest BCUT2D eigenvalue weighted by molar-refractivity contribution is 0.192. The van der Waals surface area contributed by atoms with Crippen LogP contribution in [0.2, 0.25) is 0 Å². The Morgan fingerprint density at radius 3 is 3.04 bits per heavy atom. The van der Waals surface area contributed by atoms with E-state index in [0.717, 1.165) is 37.2 Å². The number of anilines is 2. The molecule has 3 N–H and O–H groups in total. The van der Waals surface area contributed by atoms with Gasteiger partial charge in [0.1, 0.15) is 0 Å². The molecule has 0 saturated carbocycles. The number of nitrogens with two attached hydrogens (primary N) is 1. The van der Waals surface area contributed by atoms with E-state index in [0.29, 0.717) is 18.4 Å². The molecule has 2 amide bonds. The van der Waals surface area contributed by atoms with Crippen LogP contribution in [0, 0.1) is 6.92 Å². The topological polar surface area (TPSA) is 102 Å². The van der Waals surface area contributed by atoms with Crippen molar-refractivity contribution >= 4 is 17.8 Å². The Balaban J connectivity index is 1.66. The summed E-state index contributed by atoms with van der Waals surface area (Å²) in [4.78, 5) is 22.8. The Kier molecular flexibility index (Phi) is 5.39. The summed E-state index contributed by atoms with van der Waals surface area (Å²) in [5.74, 6) is 1.05. The molecule has 1 fully saturated rings. The number of rotatable bonds is 4. The highest BCUT2D eigenvalue weighted by Crippen LogP contribution is 2.26. The summed E-state index contributed by atoms with van der Waals surface area (Å²) >= 11 is 0. The van der Waals surface area contributed by atoms with Gasteiger partial charge in [0.25, 0.3) is 0 Å². The zero-order chi connectivity index (χ0) is 18.7. The van der Waals surface area contributed by atoms with E-state index in [1.165, 1.54) is 0 Å². The molecule has 0 radical (unpaired) electrons. The summed E-state index contributed by atoms with van der Waals surface area (Å²) in [7, 11) is 0. The smallest absolute Gasteiger partial charge is 0.323 e. The number of carbonyl (C=O) groups is 1. The molecule has 2 aromatic heterocycles. The highest BCUT2D eigenvalue weighted by atomic mass is 16.2. The summed E-state index contributed by atoms with van der Waals surface area (Å²) in [6.45, 7) is 7.60. The molecule has 2 atom stereocenters. The number of nitrogen functional groups attached to an aromatic ring is 1. The van der Waals surface area contributed by atoms with E-state index < -0.39 is 0 Å². The molecule has 8 heteroatoms. The summed E-state index contributed by atoms with van der Waals surface area (Å²) in [6.07, 6.45) is 4.58. The molecular weight excluding hydrogens is 330 g/mol. The van der Waals surface area contributed by atoms with Crippen LogP contribution in [0.3, 0.4) is 0 Å². The number of amides is 2. The van der Waals surface area contributed by atoms with Crippen molar-refractivity contribution in [3.05, 3.63) is 29.7 Å². The first-order valence-corrected chi connectivity index (χ1v) is 9.18. The third-order valence-corrected chi connectivity index (χ3v) is 4.99. The molecule has 1 aliphatic heterocycles. The van der Waals surface area contributed by atoms with E-state index >= 15 is 0 Å². The molecule has 1 aliphatic rings. The number of aromatic nitrogens is 4. The van der Waals surface area contributed by atoms with Crippen molar-refractivity contribution in [3.63, 3.8) is 0 Å². The molecule has 2 aromatic rings. The number of nitrogens with one attached hydrogen (secondary N) is 1. The molecule has 8 nitrogen and oxygen atoms in total. The van der Waals surface area contributed by atoms with Crippen LogP contribution in [0.25, 0.3) is 0 Å². The SMILES string of the molecule is CCC(C)n1nc(NC(=O)N2CCCC(c3ccnc(N)n3)C2)cc1C. The number of carbonyl (C=O) groups excluding carboxylic acids is 1. The maximum Gasteiger partial charge on any atom is 0.323 e. The lowest BCUT2D eigenvalue weighted by Gasteiger charge is -2.32. The maximum atomic E-state index is 12.7. The molecule has 0 bridgehead atoms. The maximum absolute atomic E-state index is 12.7. The molecule has 0 aliphatic carbocycles. The molecule has 3 rings (SSSR count). The van der Waals surface area contributed by atoms with Gasteiger partial charge in [0.15, 0.2) is 5.82 Å². The molecule has 140 valence electrons. The normalized spacial score (nSPS) is 18.6. The van der Waals surface area contributed by atoms with Crippen molar-refractivity contribution < 1.29 is 4.79 Å². The van der Waals surface area contributed by atoms with E-state index in [2.05, 4.69) is 34.2 Å². The Morgan fingerprint density at radius 2 is 2.31 bits per heavy atom. The van der Waals surface area contributed by atoms with Crippen LogP contribution >= 0.6 is 0 Å². The van der Waals surface area contributed by atoms with Gasteiger partial charge in [0.05, 0.1) is 5.69 Å². The van der Waals surface area contributed by atoms with Crippen LogP contribution < -0.4 is 11.1 Å². The second kappa shape index (κ2) is 7.72. The van der Waals surface area contributed by atoms with Crippen LogP contribution in [0.5, 0.6) is 0 Å². The average molecular weight is 357 g/mol. The van der Waals surface area contributed by atoms with Gasteiger partial charge in [-0.05, 0) is 39.2 Å². The number of likely N-dealkylation sites (tertiary alicyclic amines) is 1. The van der Waals surface area contributed by atoms with Gasteiger partial charge in [-0.25, -0.2) is 14.8 Å². The predicted molar refractivity (Wildman–Crippen MR) is 101 cm³/mol. The lowest BCUT2D eigenvalue weighted by Crippen LogP contribution is -2.41. The van der Waals surface area contributed by atoms with E-state index in [-0.39, 0.29) is 17.9 Å². The second-order valence-corrected chi connectivity index (χ2v) is 6.93. The minimum atomic E-state index is -0.120. The van der Waals surface area contributed by atoms with Gasteiger partial charge in [-0.15, -0.1) is 0 Å². The average Bonchev–Trinajstić information content (AvgIpc) is 3.01. The molecular formula is C18H27N7O. The van der Waals surface area contributed by atoms with Gasteiger partial charge in [0, 0.05) is 43.0 Å². The number of hydrogen-bond acceptors (Lipinski definition) is 5. The summed E-state index contributed by atoms with van der Waals surface area (Å²) in [5, 5.41) is 7.46. The zero-order valence-corrected chi connectivity index (χ0v) is 15.6. The number of urea groups is 1. The van der Waals surface area contributed by atoms with Crippen LogP contribution in [-0.4, -0.2) is 43.8 Å².